The largest absolute Gasteiger partial charge is 0.434 e. The Bertz CT molecular complexity index is 1420. The Morgan fingerprint density at radius 3 is 2.68 bits per heavy atom. The van der Waals surface area contributed by atoms with Crippen LogP contribution in [0.25, 0.3) is 22.2 Å². The van der Waals surface area contributed by atoms with Crippen molar-refractivity contribution in [1.82, 2.24) is 19.7 Å². The van der Waals surface area contributed by atoms with Gasteiger partial charge in [-0.2, -0.15) is 13.9 Å². The fraction of sp³-hybridized carbons (Fsp3) is 0.385. The molecule has 6 nitrogen and oxygen atoms in total. The zero-order valence-corrected chi connectivity index (χ0v) is 20.7. The van der Waals surface area contributed by atoms with Crippen LogP contribution in [-0.2, 0) is 0 Å². The lowest BCUT2D eigenvalue weighted by atomic mass is 9.91. The number of alkyl halides is 3. The van der Waals surface area contributed by atoms with Crippen LogP contribution in [0, 0.1) is 12.7 Å². The number of halogens is 5. The number of H-pyrrole nitrogens is 1. The first kappa shape index (κ1) is 25.5. The van der Waals surface area contributed by atoms with E-state index in [2.05, 4.69) is 19.8 Å². The van der Waals surface area contributed by atoms with Gasteiger partial charge in [-0.05, 0) is 56.4 Å². The lowest BCUT2D eigenvalue weighted by Crippen LogP contribution is -2.22. The number of aromatic amines is 1. The number of aliphatic hydroxyl groups is 1. The maximum atomic E-state index is 14.5. The van der Waals surface area contributed by atoms with E-state index in [1.165, 1.54) is 6.20 Å². The van der Waals surface area contributed by atoms with Crippen LogP contribution in [0.5, 0.6) is 5.75 Å². The zero-order chi connectivity index (χ0) is 26.3. The molecule has 1 aromatic carbocycles. The van der Waals surface area contributed by atoms with E-state index in [4.69, 9.17) is 11.6 Å². The molecule has 3 heterocycles. The Balaban J connectivity index is 1.56. The van der Waals surface area contributed by atoms with Gasteiger partial charge in [-0.15, -0.1) is 0 Å². The van der Waals surface area contributed by atoms with Gasteiger partial charge >= 0.3 is 6.61 Å². The SMILES string of the molecule is Cc1c(-c2cnc3[nH]cc([C@@H](CF)c4c(OC(F)F)ccc(F)c4Cl)c3c2)cnn1C1CCC(O)CC1. The van der Waals surface area contributed by atoms with E-state index < -0.39 is 35.8 Å². The second kappa shape index (κ2) is 10.3. The first-order chi connectivity index (χ1) is 17.8. The van der Waals surface area contributed by atoms with Crippen LogP contribution >= 0.6 is 11.6 Å². The van der Waals surface area contributed by atoms with Crippen LogP contribution in [-0.4, -0.2) is 44.2 Å². The summed E-state index contributed by atoms with van der Waals surface area (Å²) >= 11 is 6.14. The van der Waals surface area contributed by atoms with Crippen LogP contribution in [0.15, 0.2) is 36.8 Å². The zero-order valence-electron chi connectivity index (χ0n) is 19.9. The van der Waals surface area contributed by atoms with Gasteiger partial charge in [0.05, 0.1) is 23.4 Å². The molecule has 0 saturated heterocycles. The second-order valence-electron chi connectivity index (χ2n) is 9.27. The second-order valence-corrected chi connectivity index (χ2v) is 9.65. The molecule has 1 aliphatic rings. The molecule has 3 aromatic heterocycles. The highest BCUT2D eigenvalue weighted by molar-refractivity contribution is 6.31. The molecule has 0 radical (unpaired) electrons. The molecule has 1 atom stereocenters. The summed E-state index contributed by atoms with van der Waals surface area (Å²) in [5, 5.41) is 14.5. The summed E-state index contributed by atoms with van der Waals surface area (Å²) in [7, 11) is 0. The van der Waals surface area contributed by atoms with Gasteiger partial charge in [-0.25, -0.2) is 9.37 Å². The quantitative estimate of drug-likeness (QED) is 0.257. The molecule has 1 saturated carbocycles. The lowest BCUT2D eigenvalue weighted by Gasteiger charge is -2.26. The van der Waals surface area contributed by atoms with Crippen molar-refractivity contribution in [3.05, 3.63) is 64.5 Å². The number of aliphatic hydroxyl groups excluding tert-OH is 1. The van der Waals surface area contributed by atoms with Crippen LogP contribution < -0.4 is 4.74 Å². The van der Waals surface area contributed by atoms with E-state index in [9.17, 15) is 22.7 Å². The fourth-order valence-corrected chi connectivity index (χ4v) is 5.51. The molecule has 0 amide bonds. The fourth-order valence-electron chi connectivity index (χ4n) is 5.22. The van der Waals surface area contributed by atoms with Gasteiger partial charge in [-0.3, -0.25) is 9.07 Å². The highest BCUT2D eigenvalue weighted by Gasteiger charge is 2.28. The van der Waals surface area contributed by atoms with Crippen molar-refractivity contribution < 1.29 is 27.4 Å². The maximum Gasteiger partial charge on any atom is 0.387 e. The minimum atomic E-state index is -3.19. The highest BCUT2D eigenvalue weighted by atomic mass is 35.5. The van der Waals surface area contributed by atoms with Gasteiger partial charge in [-0.1, -0.05) is 11.6 Å². The monoisotopic (exact) mass is 536 g/mol. The Kier molecular flexibility index (Phi) is 7.13. The molecular formula is C26H25ClF4N4O2. The van der Waals surface area contributed by atoms with Crippen molar-refractivity contribution in [1.29, 1.82) is 0 Å². The summed E-state index contributed by atoms with van der Waals surface area (Å²) in [6.45, 7) is -2.27. The van der Waals surface area contributed by atoms with E-state index in [1.807, 2.05) is 17.7 Å². The summed E-state index contributed by atoms with van der Waals surface area (Å²) in [6, 6.07) is 3.93. The minimum Gasteiger partial charge on any atom is -0.434 e. The van der Waals surface area contributed by atoms with Gasteiger partial charge in [0.15, 0.2) is 0 Å². The number of nitrogens with one attached hydrogen (secondary N) is 1. The van der Waals surface area contributed by atoms with Crippen molar-refractivity contribution in [2.45, 2.75) is 57.3 Å². The number of nitrogens with zero attached hydrogens (tertiary/aromatic N) is 3. The third-order valence-corrected chi connectivity index (χ3v) is 7.50. The Hall–Kier alpha value is -3.11. The molecule has 5 rings (SSSR count). The van der Waals surface area contributed by atoms with Gasteiger partial charge in [0.1, 0.15) is 23.9 Å². The third kappa shape index (κ3) is 4.80. The number of aromatic nitrogens is 4. The number of hydrogen-bond donors (Lipinski definition) is 2. The summed E-state index contributed by atoms with van der Waals surface area (Å²) in [6.07, 6.45) is 7.78. The molecule has 37 heavy (non-hydrogen) atoms. The first-order valence-corrected chi connectivity index (χ1v) is 12.3. The molecule has 1 aliphatic carbocycles. The van der Waals surface area contributed by atoms with E-state index in [0.29, 0.717) is 16.6 Å². The van der Waals surface area contributed by atoms with E-state index >= 15 is 0 Å². The van der Waals surface area contributed by atoms with Gasteiger partial charge < -0.3 is 14.8 Å². The molecule has 0 unspecified atom stereocenters. The molecule has 196 valence electrons. The Morgan fingerprint density at radius 2 is 1.97 bits per heavy atom. The topological polar surface area (TPSA) is 76.0 Å². The van der Waals surface area contributed by atoms with Crippen LogP contribution in [0.2, 0.25) is 5.02 Å². The number of ether oxygens (including phenoxy) is 1. The molecule has 1 fully saturated rings. The van der Waals surface area contributed by atoms with E-state index in [-0.39, 0.29) is 17.7 Å². The average molecular weight is 537 g/mol. The Labute approximate surface area is 215 Å². The molecule has 0 aliphatic heterocycles. The third-order valence-electron chi connectivity index (χ3n) is 7.12. The maximum absolute atomic E-state index is 14.5. The molecule has 4 aromatic rings. The van der Waals surface area contributed by atoms with Gasteiger partial charge in [0.2, 0.25) is 0 Å². The van der Waals surface area contributed by atoms with Crippen LogP contribution in [0.3, 0.4) is 0 Å². The van der Waals surface area contributed by atoms with Crippen molar-refractivity contribution in [3.63, 3.8) is 0 Å². The predicted molar refractivity (Wildman–Crippen MR) is 131 cm³/mol. The summed E-state index contributed by atoms with van der Waals surface area (Å²) < 4.78 is 61.4. The molecular weight excluding hydrogens is 512 g/mol. The lowest BCUT2D eigenvalue weighted by molar-refractivity contribution is -0.0506. The van der Waals surface area contributed by atoms with Crippen LogP contribution in [0.1, 0.15) is 54.5 Å². The van der Waals surface area contributed by atoms with Gasteiger partial charge in [0.25, 0.3) is 0 Å². The molecule has 0 bridgehead atoms. The number of benzene rings is 1. The van der Waals surface area contributed by atoms with Crippen molar-refractivity contribution in [3.8, 4) is 16.9 Å². The van der Waals surface area contributed by atoms with Gasteiger partial charge in [0, 0.05) is 46.1 Å². The van der Waals surface area contributed by atoms with E-state index in [1.54, 1.807) is 12.4 Å². The molecule has 0 spiro atoms. The number of fused-ring (bicyclic) bond motifs is 1. The average Bonchev–Trinajstić information content (AvgIpc) is 3.47. The highest BCUT2D eigenvalue weighted by Crippen LogP contribution is 2.42. The van der Waals surface area contributed by atoms with Crippen molar-refractivity contribution in [2.75, 3.05) is 6.67 Å². The van der Waals surface area contributed by atoms with Crippen molar-refractivity contribution >= 4 is 22.6 Å². The summed E-state index contributed by atoms with van der Waals surface area (Å²) in [5.41, 5.74) is 3.15. The Morgan fingerprint density at radius 1 is 1.22 bits per heavy atom. The first-order valence-electron chi connectivity index (χ1n) is 12.0. The minimum absolute atomic E-state index is 0.191. The normalized spacial score (nSPS) is 19.0. The standard InChI is InChI=1S/C26H25ClF4N4O2/c1-13-19(12-34-35(13)15-2-4-16(36)5-3-15)14-8-17-20(11-33-25(17)32-10-14)18(9-28)23-22(37-26(30)31)7-6-21(29)24(23)27/h6-8,10-12,15-16,18,26,36H,2-5,9H2,1H3,(H,32,33)/t15?,16?,18-/m1/s1. The predicted octanol–water partition coefficient (Wildman–Crippen LogP) is 6.71. The van der Waals surface area contributed by atoms with E-state index in [0.717, 1.165) is 54.6 Å². The van der Waals surface area contributed by atoms with Crippen molar-refractivity contribution in [2.24, 2.45) is 0 Å². The summed E-state index contributed by atoms with van der Waals surface area (Å²) in [4.78, 5) is 7.44. The van der Waals surface area contributed by atoms with Crippen LogP contribution in [0.4, 0.5) is 17.6 Å². The smallest absolute Gasteiger partial charge is 0.387 e. The number of hydrogen-bond acceptors (Lipinski definition) is 4. The number of rotatable bonds is 7. The summed E-state index contributed by atoms with van der Waals surface area (Å²) in [5.74, 6) is -2.44. The molecule has 2 N–H and O–H groups in total. The molecule has 11 heteroatoms. The number of pyridine rings is 1.